The maximum absolute atomic E-state index is 13.5. The molecule has 0 saturated heterocycles. The van der Waals surface area contributed by atoms with E-state index in [1.165, 1.54) is 0 Å². The molecule has 0 aliphatic carbocycles. The predicted molar refractivity (Wildman–Crippen MR) is 120 cm³/mol. The molecule has 0 N–H and O–H groups in total. The first-order valence-corrected chi connectivity index (χ1v) is 10.3. The molecule has 4 aromatic rings. The van der Waals surface area contributed by atoms with Gasteiger partial charge in [-0.3, -0.25) is 9.69 Å². The van der Waals surface area contributed by atoms with Gasteiger partial charge in [-0.05, 0) is 50.6 Å². The van der Waals surface area contributed by atoms with Gasteiger partial charge in [-0.25, -0.2) is 19.6 Å². The van der Waals surface area contributed by atoms with E-state index >= 15 is 0 Å². The van der Waals surface area contributed by atoms with E-state index in [1.54, 1.807) is 21.8 Å². The standard InChI is InChI=1S/C23H23N7O/c1-15-13-16(2)30(27-15)20-10-9-17(14-24-20)23(31)29-12-6-11-28(3)21-22(29)26-19-8-5-4-7-18(19)25-21/h4-5,7-10,13-14H,6,11-12H2,1-3H3. The number of hydrogen-bond acceptors (Lipinski definition) is 6. The summed E-state index contributed by atoms with van der Waals surface area (Å²) in [5, 5.41) is 4.46. The predicted octanol–water partition coefficient (Wildman–Crippen LogP) is 3.31. The summed E-state index contributed by atoms with van der Waals surface area (Å²) < 4.78 is 1.78. The van der Waals surface area contributed by atoms with Crippen molar-refractivity contribution in [1.82, 2.24) is 24.7 Å². The molecule has 8 nitrogen and oxygen atoms in total. The van der Waals surface area contributed by atoms with Crippen molar-refractivity contribution in [3.8, 4) is 5.82 Å². The molecule has 1 amide bonds. The quantitative estimate of drug-likeness (QED) is 0.502. The van der Waals surface area contributed by atoms with Crippen LogP contribution < -0.4 is 9.80 Å². The van der Waals surface area contributed by atoms with Crippen LogP contribution in [0.25, 0.3) is 16.9 Å². The summed E-state index contributed by atoms with van der Waals surface area (Å²) in [4.78, 5) is 31.3. The zero-order valence-corrected chi connectivity index (χ0v) is 17.8. The lowest BCUT2D eigenvalue weighted by Crippen LogP contribution is -2.32. The highest BCUT2D eigenvalue weighted by Crippen LogP contribution is 2.31. The Morgan fingerprint density at radius 3 is 2.35 bits per heavy atom. The first kappa shape index (κ1) is 19.2. The molecule has 156 valence electrons. The van der Waals surface area contributed by atoms with Gasteiger partial charge in [0.15, 0.2) is 17.5 Å². The number of benzene rings is 1. The van der Waals surface area contributed by atoms with Gasteiger partial charge >= 0.3 is 0 Å². The third-order valence-electron chi connectivity index (χ3n) is 5.49. The van der Waals surface area contributed by atoms with Crippen LogP contribution in [0.1, 0.15) is 28.2 Å². The fourth-order valence-electron chi connectivity index (χ4n) is 3.95. The van der Waals surface area contributed by atoms with E-state index in [-0.39, 0.29) is 5.91 Å². The fourth-order valence-corrected chi connectivity index (χ4v) is 3.95. The van der Waals surface area contributed by atoms with Crippen LogP contribution in [0.3, 0.4) is 0 Å². The number of aryl methyl sites for hydroxylation is 2. The van der Waals surface area contributed by atoms with Crippen LogP contribution in [-0.2, 0) is 0 Å². The lowest BCUT2D eigenvalue weighted by Gasteiger charge is -2.22. The van der Waals surface area contributed by atoms with Crippen LogP contribution in [0.2, 0.25) is 0 Å². The first-order chi connectivity index (χ1) is 15.0. The maximum atomic E-state index is 13.5. The number of nitrogens with zero attached hydrogens (tertiary/aromatic N) is 7. The minimum atomic E-state index is -0.131. The van der Waals surface area contributed by atoms with E-state index in [0.717, 1.165) is 41.2 Å². The summed E-state index contributed by atoms with van der Waals surface area (Å²) in [6.07, 6.45) is 2.44. The topological polar surface area (TPSA) is 80.0 Å². The Morgan fingerprint density at radius 2 is 1.71 bits per heavy atom. The molecule has 1 aromatic carbocycles. The second-order valence-electron chi connectivity index (χ2n) is 7.84. The molecule has 4 heterocycles. The number of para-hydroxylation sites is 2. The second-order valence-corrected chi connectivity index (χ2v) is 7.84. The molecular formula is C23H23N7O. The molecule has 1 aliphatic heterocycles. The maximum Gasteiger partial charge on any atom is 0.261 e. The van der Waals surface area contributed by atoms with E-state index in [0.29, 0.717) is 23.7 Å². The lowest BCUT2D eigenvalue weighted by atomic mass is 10.2. The van der Waals surface area contributed by atoms with E-state index in [2.05, 4.69) is 15.0 Å². The molecule has 31 heavy (non-hydrogen) atoms. The zero-order valence-electron chi connectivity index (χ0n) is 17.8. The van der Waals surface area contributed by atoms with E-state index < -0.39 is 0 Å². The molecule has 0 bridgehead atoms. The zero-order chi connectivity index (χ0) is 21.5. The number of carbonyl (C=O) groups is 1. The Labute approximate surface area is 180 Å². The Hall–Kier alpha value is -3.81. The summed E-state index contributed by atoms with van der Waals surface area (Å²) in [5.41, 5.74) is 4.02. The molecule has 8 heteroatoms. The number of pyridine rings is 1. The Morgan fingerprint density at radius 1 is 0.968 bits per heavy atom. The van der Waals surface area contributed by atoms with Gasteiger partial charge < -0.3 is 4.90 Å². The number of anilines is 2. The van der Waals surface area contributed by atoms with Gasteiger partial charge in [0.2, 0.25) is 0 Å². The van der Waals surface area contributed by atoms with E-state index in [4.69, 9.17) is 9.97 Å². The average molecular weight is 413 g/mol. The molecule has 0 radical (unpaired) electrons. The number of amides is 1. The van der Waals surface area contributed by atoms with Crippen LogP contribution in [0, 0.1) is 13.8 Å². The van der Waals surface area contributed by atoms with Crippen molar-refractivity contribution in [1.29, 1.82) is 0 Å². The fraction of sp³-hybridized carbons (Fsp3) is 0.261. The lowest BCUT2D eigenvalue weighted by molar-refractivity contribution is 0.0986. The van der Waals surface area contributed by atoms with Crippen molar-refractivity contribution in [3.63, 3.8) is 0 Å². The summed E-state index contributed by atoms with van der Waals surface area (Å²) in [6, 6.07) is 13.3. The largest absolute Gasteiger partial charge is 0.357 e. The number of fused-ring (bicyclic) bond motifs is 2. The van der Waals surface area contributed by atoms with Gasteiger partial charge in [-0.1, -0.05) is 12.1 Å². The van der Waals surface area contributed by atoms with Crippen LogP contribution >= 0.6 is 0 Å². The highest BCUT2D eigenvalue weighted by atomic mass is 16.2. The highest BCUT2D eigenvalue weighted by molar-refractivity contribution is 6.07. The van der Waals surface area contributed by atoms with Crippen molar-refractivity contribution in [2.45, 2.75) is 20.3 Å². The third-order valence-corrected chi connectivity index (χ3v) is 5.49. The number of hydrogen-bond donors (Lipinski definition) is 0. The SMILES string of the molecule is Cc1cc(C)n(-c2ccc(C(=O)N3CCCN(C)c4nc5ccccc5nc43)cn2)n1. The van der Waals surface area contributed by atoms with Crippen molar-refractivity contribution in [2.24, 2.45) is 0 Å². The van der Waals surface area contributed by atoms with Gasteiger partial charge in [0.25, 0.3) is 5.91 Å². The minimum absolute atomic E-state index is 0.131. The Bertz CT molecular complexity index is 1280. The van der Waals surface area contributed by atoms with Gasteiger partial charge in [-0.2, -0.15) is 5.10 Å². The van der Waals surface area contributed by atoms with Crippen molar-refractivity contribution < 1.29 is 4.79 Å². The van der Waals surface area contributed by atoms with E-state index in [9.17, 15) is 4.79 Å². The molecule has 0 atom stereocenters. The number of carbonyl (C=O) groups excluding carboxylic acids is 1. The van der Waals surface area contributed by atoms with Crippen molar-refractivity contribution in [3.05, 3.63) is 65.6 Å². The van der Waals surface area contributed by atoms with Gasteiger partial charge in [0.1, 0.15) is 0 Å². The summed E-state index contributed by atoms with van der Waals surface area (Å²) >= 11 is 0. The number of aromatic nitrogens is 5. The smallest absolute Gasteiger partial charge is 0.261 e. The van der Waals surface area contributed by atoms with Gasteiger partial charge in [0, 0.05) is 32.0 Å². The normalized spacial score (nSPS) is 13.9. The second kappa shape index (κ2) is 7.46. The summed E-state index contributed by atoms with van der Waals surface area (Å²) in [6.45, 7) is 5.30. The van der Waals surface area contributed by atoms with Crippen LogP contribution in [0.5, 0.6) is 0 Å². The van der Waals surface area contributed by atoms with Crippen LogP contribution in [0.4, 0.5) is 11.6 Å². The molecule has 1 aliphatic rings. The molecule has 5 rings (SSSR count). The molecule has 0 spiro atoms. The Balaban J connectivity index is 1.52. The monoisotopic (exact) mass is 413 g/mol. The molecular weight excluding hydrogens is 390 g/mol. The molecule has 3 aromatic heterocycles. The van der Waals surface area contributed by atoms with Crippen molar-refractivity contribution in [2.75, 3.05) is 29.9 Å². The highest BCUT2D eigenvalue weighted by Gasteiger charge is 2.27. The van der Waals surface area contributed by atoms with Crippen LogP contribution in [0.15, 0.2) is 48.7 Å². The van der Waals surface area contributed by atoms with Crippen molar-refractivity contribution >= 4 is 28.6 Å². The summed E-state index contributed by atoms with van der Waals surface area (Å²) in [5.74, 6) is 1.86. The van der Waals surface area contributed by atoms with E-state index in [1.807, 2.05) is 57.3 Å². The van der Waals surface area contributed by atoms with Gasteiger partial charge in [-0.15, -0.1) is 0 Å². The molecule has 0 fully saturated rings. The number of rotatable bonds is 2. The minimum Gasteiger partial charge on any atom is -0.357 e. The Kier molecular flexibility index (Phi) is 4.62. The average Bonchev–Trinajstić information content (AvgIpc) is 3.04. The summed E-state index contributed by atoms with van der Waals surface area (Å²) in [7, 11) is 1.99. The van der Waals surface area contributed by atoms with Crippen LogP contribution in [-0.4, -0.2) is 50.8 Å². The third kappa shape index (κ3) is 3.39. The molecule has 0 unspecified atom stereocenters. The van der Waals surface area contributed by atoms with Gasteiger partial charge in [0.05, 0.1) is 22.3 Å². The first-order valence-electron chi connectivity index (χ1n) is 10.3. The molecule has 0 saturated carbocycles.